The Morgan fingerprint density at radius 3 is 2.57 bits per heavy atom. The molecule has 1 aromatic heterocycles. The van der Waals surface area contributed by atoms with Crippen molar-refractivity contribution in [1.29, 1.82) is 0 Å². The fourth-order valence-electron chi connectivity index (χ4n) is 3.21. The lowest BCUT2D eigenvalue weighted by atomic mass is 9.85. The van der Waals surface area contributed by atoms with Crippen molar-refractivity contribution in [3.63, 3.8) is 0 Å². The summed E-state index contributed by atoms with van der Waals surface area (Å²) in [5, 5.41) is 14.2. The Labute approximate surface area is 121 Å². The van der Waals surface area contributed by atoms with Gasteiger partial charge >= 0.3 is 6.09 Å². The van der Waals surface area contributed by atoms with Gasteiger partial charge in [0, 0.05) is 11.3 Å². The maximum Gasteiger partial charge on any atom is 0.432 e. The molecule has 1 aliphatic rings. The van der Waals surface area contributed by atoms with Crippen molar-refractivity contribution in [2.75, 3.05) is 0 Å². The van der Waals surface area contributed by atoms with Crippen LogP contribution in [0.2, 0.25) is 0 Å². The number of aromatic nitrogens is 2. The first-order valence-corrected chi connectivity index (χ1v) is 7.14. The van der Waals surface area contributed by atoms with E-state index in [4.69, 9.17) is 5.73 Å². The fourth-order valence-corrected chi connectivity index (χ4v) is 3.21. The van der Waals surface area contributed by atoms with Crippen molar-refractivity contribution in [3.05, 3.63) is 29.5 Å². The second kappa shape index (κ2) is 5.20. The number of nitrogens with two attached hydrogens (primary N) is 1. The van der Waals surface area contributed by atoms with Crippen molar-refractivity contribution in [2.45, 2.75) is 38.0 Å². The predicted octanol–water partition coefficient (Wildman–Crippen LogP) is 2.71. The van der Waals surface area contributed by atoms with E-state index in [0.29, 0.717) is 22.2 Å². The van der Waals surface area contributed by atoms with Gasteiger partial charge in [0.2, 0.25) is 5.91 Å². The zero-order chi connectivity index (χ0) is 15.0. The highest BCUT2D eigenvalue weighted by Crippen LogP contribution is 2.37. The number of nitrogens with zero attached hydrogens (tertiary/aromatic N) is 2. The van der Waals surface area contributed by atoms with Gasteiger partial charge in [0.15, 0.2) is 0 Å². The third-order valence-electron chi connectivity index (χ3n) is 4.17. The largest absolute Gasteiger partial charge is 0.463 e. The summed E-state index contributed by atoms with van der Waals surface area (Å²) < 4.78 is 0.950. The molecule has 0 spiro atoms. The number of benzene rings is 1. The van der Waals surface area contributed by atoms with Crippen LogP contribution in [0.5, 0.6) is 0 Å². The Morgan fingerprint density at radius 1 is 1.24 bits per heavy atom. The van der Waals surface area contributed by atoms with Crippen LogP contribution in [0.15, 0.2) is 18.2 Å². The van der Waals surface area contributed by atoms with E-state index in [9.17, 15) is 14.7 Å². The molecular formula is C15H17N3O3. The molecule has 3 N–H and O–H groups in total. The van der Waals surface area contributed by atoms with Crippen LogP contribution in [-0.2, 0) is 0 Å². The van der Waals surface area contributed by atoms with Crippen LogP contribution in [0.4, 0.5) is 4.79 Å². The summed E-state index contributed by atoms with van der Waals surface area (Å²) >= 11 is 0. The molecule has 1 fully saturated rings. The molecule has 0 aliphatic heterocycles. The Kier molecular flexibility index (Phi) is 3.37. The number of fused-ring (bicyclic) bond motifs is 1. The Balaban J connectivity index is 2.26. The number of hydrogen-bond donors (Lipinski definition) is 2. The molecule has 0 unspecified atom stereocenters. The highest BCUT2D eigenvalue weighted by Gasteiger charge is 2.26. The van der Waals surface area contributed by atoms with Crippen molar-refractivity contribution in [2.24, 2.45) is 5.73 Å². The molecule has 2 aromatic rings. The Hall–Kier alpha value is -2.37. The average molecular weight is 287 g/mol. The molecule has 0 radical (unpaired) electrons. The van der Waals surface area contributed by atoms with E-state index >= 15 is 0 Å². The van der Waals surface area contributed by atoms with E-state index < -0.39 is 12.0 Å². The van der Waals surface area contributed by atoms with Crippen molar-refractivity contribution >= 4 is 22.9 Å². The minimum absolute atomic E-state index is 0.197. The summed E-state index contributed by atoms with van der Waals surface area (Å²) in [7, 11) is 0. The van der Waals surface area contributed by atoms with E-state index in [2.05, 4.69) is 5.10 Å². The second-order valence-corrected chi connectivity index (χ2v) is 5.48. The maximum atomic E-state index is 11.7. The fraction of sp³-hybridized carbons (Fsp3) is 0.400. The van der Waals surface area contributed by atoms with E-state index in [-0.39, 0.29) is 5.92 Å². The molecular weight excluding hydrogens is 270 g/mol. The molecule has 21 heavy (non-hydrogen) atoms. The van der Waals surface area contributed by atoms with Crippen molar-refractivity contribution < 1.29 is 14.7 Å². The lowest BCUT2D eigenvalue weighted by Gasteiger charge is -2.20. The van der Waals surface area contributed by atoms with Gasteiger partial charge in [-0.25, -0.2) is 4.79 Å². The van der Waals surface area contributed by atoms with Gasteiger partial charge in [0.1, 0.15) is 0 Å². The summed E-state index contributed by atoms with van der Waals surface area (Å²) in [6, 6.07) is 4.92. The first-order valence-electron chi connectivity index (χ1n) is 7.14. The molecule has 1 saturated carbocycles. The van der Waals surface area contributed by atoms with E-state index in [1.807, 2.05) is 0 Å². The summed E-state index contributed by atoms with van der Waals surface area (Å²) in [5.74, 6) is -0.357. The molecule has 1 aromatic carbocycles. The van der Waals surface area contributed by atoms with Crippen LogP contribution in [0.1, 0.15) is 54.1 Å². The summed E-state index contributed by atoms with van der Waals surface area (Å²) in [6.07, 6.45) is 4.19. The summed E-state index contributed by atoms with van der Waals surface area (Å²) in [5.41, 5.74) is 6.91. The van der Waals surface area contributed by atoms with Crippen LogP contribution >= 0.6 is 0 Å². The Morgan fingerprint density at radius 2 is 1.95 bits per heavy atom. The van der Waals surface area contributed by atoms with Gasteiger partial charge in [-0.2, -0.15) is 9.78 Å². The van der Waals surface area contributed by atoms with E-state index in [1.54, 1.807) is 18.2 Å². The summed E-state index contributed by atoms with van der Waals surface area (Å²) in [4.78, 5) is 23.0. The van der Waals surface area contributed by atoms with E-state index in [0.717, 1.165) is 30.4 Å². The molecule has 3 rings (SSSR count). The van der Waals surface area contributed by atoms with Crippen molar-refractivity contribution in [1.82, 2.24) is 9.78 Å². The Bertz CT molecular complexity index is 714. The van der Waals surface area contributed by atoms with Crippen molar-refractivity contribution in [3.8, 4) is 0 Å². The lowest BCUT2D eigenvalue weighted by Crippen LogP contribution is -2.13. The summed E-state index contributed by atoms with van der Waals surface area (Å²) in [6.45, 7) is 0. The SMILES string of the molecule is NC(=O)c1cccc2c1c(C1CCCCC1)nn2C(=O)O. The highest BCUT2D eigenvalue weighted by atomic mass is 16.4. The molecule has 1 heterocycles. The van der Waals surface area contributed by atoms with Gasteiger partial charge in [0.25, 0.3) is 0 Å². The molecule has 0 saturated heterocycles. The van der Waals surface area contributed by atoms with Crippen LogP contribution in [0.3, 0.4) is 0 Å². The highest BCUT2D eigenvalue weighted by molar-refractivity contribution is 6.07. The monoisotopic (exact) mass is 287 g/mol. The number of rotatable bonds is 2. The third kappa shape index (κ3) is 2.26. The third-order valence-corrected chi connectivity index (χ3v) is 4.17. The number of hydrogen-bond acceptors (Lipinski definition) is 3. The number of carboxylic acid groups (broad SMARTS) is 1. The standard InChI is InChI=1S/C15H17N3O3/c16-14(19)10-7-4-8-11-12(10)13(17-18(11)15(20)21)9-5-2-1-3-6-9/h4,7-9H,1-3,5-6H2,(H2,16,19)(H,20,21). The molecule has 0 atom stereocenters. The number of amides is 1. The van der Waals surface area contributed by atoms with Crippen LogP contribution in [0, 0.1) is 0 Å². The minimum atomic E-state index is -1.15. The van der Waals surface area contributed by atoms with Crippen LogP contribution in [-0.4, -0.2) is 26.9 Å². The minimum Gasteiger partial charge on any atom is -0.463 e. The number of carbonyl (C=O) groups excluding carboxylic acids is 1. The number of carbonyl (C=O) groups is 2. The maximum absolute atomic E-state index is 11.7. The molecule has 6 heteroatoms. The quantitative estimate of drug-likeness (QED) is 0.887. The van der Waals surface area contributed by atoms with Crippen LogP contribution < -0.4 is 5.73 Å². The normalized spacial score (nSPS) is 16.2. The molecule has 1 amide bonds. The van der Waals surface area contributed by atoms with E-state index in [1.165, 1.54) is 6.42 Å². The zero-order valence-electron chi connectivity index (χ0n) is 11.6. The van der Waals surface area contributed by atoms with Gasteiger partial charge in [-0.1, -0.05) is 25.3 Å². The average Bonchev–Trinajstić information content (AvgIpc) is 2.87. The predicted molar refractivity (Wildman–Crippen MR) is 77.5 cm³/mol. The second-order valence-electron chi connectivity index (χ2n) is 5.48. The smallest absolute Gasteiger partial charge is 0.432 e. The number of primary amides is 1. The zero-order valence-corrected chi connectivity index (χ0v) is 11.6. The molecule has 110 valence electrons. The molecule has 1 aliphatic carbocycles. The van der Waals surface area contributed by atoms with Gasteiger partial charge in [-0.3, -0.25) is 4.79 Å². The topological polar surface area (TPSA) is 98.2 Å². The first-order chi connectivity index (χ1) is 10.1. The van der Waals surface area contributed by atoms with Gasteiger partial charge < -0.3 is 10.8 Å². The van der Waals surface area contributed by atoms with Crippen LogP contribution in [0.25, 0.3) is 10.9 Å². The molecule has 6 nitrogen and oxygen atoms in total. The lowest BCUT2D eigenvalue weighted by molar-refractivity contribution is 0.100. The van der Waals surface area contributed by atoms with Gasteiger partial charge in [-0.05, 0) is 25.0 Å². The first kappa shape index (κ1) is 13.6. The van der Waals surface area contributed by atoms with Gasteiger partial charge in [0.05, 0.1) is 16.8 Å². The molecule has 0 bridgehead atoms. The van der Waals surface area contributed by atoms with Gasteiger partial charge in [-0.15, -0.1) is 0 Å².